The molecule has 0 aliphatic rings. The molecular formula is C19H22N2O5. The van der Waals surface area contributed by atoms with Gasteiger partial charge in [-0.1, -0.05) is 5.16 Å². The van der Waals surface area contributed by atoms with Gasteiger partial charge in [0.1, 0.15) is 5.76 Å². The van der Waals surface area contributed by atoms with Crippen molar-refractivity contribution < 1.29 is 23.6 Å². The van der Waals surface area contributed by atoms with Crippen LogP contribution in [0, 0.1) is 13.8 Å². The summed E-state index contributed by atoms with van der Waals surface area (Å²) in [6.07, 6.45) is -0.298. The summed E-state index contributed by atoms with van der Waals surface area (Å²) >= 11 is 0. The number of anilines is 1. The van der Waals surface area contributed by atoms with Crippen molar-refractivity contribution in [2.75, 3.05) is 5.32 Å². The summed E-state index contributed by atoms with van der Waals surface area (Å²) in [4.78, 5) is 35.4. The molecule has 2 aromatic rings. The molecular weight excluding hydrogens is 336 g/mol. The minimum absolute atomic E-state index is 0.141. The molecule has 0 saturated carbocycles. The Morgan fingerprint density at radius 2 is 1.85 bits per heavy atom. The van der Waals surface area contributed by atoms with Crippen molar-refractivity contribution in [3.8, 4) is 0 Å². The number of carbonyl (C=O) groups excluding carboxylic acids is 3. The van der Waals surface area contributed by atoms with Crippen LogP contribution in [0.4, 0.5) is 5.69 Å². The van der Waals surface area contributed by atoms with E-state index in [0.29, 0.717) is 23.4 Å². The van der Waals surface area contributed by atoms with E-state index < -0.39 is 12.1 Å². The molecule has 0 radical (unpaired) electrons. The molecule has 1 unspecified atom stereocenters. The molecule has 0 bridgehead atoms. The predicted octanol–water partition coefficient (Wildman–Crippen LogP) is 3.00. The van der Waals surface area contributed by atoms with Crippen LogP contribution in [0.5, 0.6) is 0 Å². The van der Waals surface area contributed by atoms with E-state index in [1.807, 2.05) is 6.92 Å². The Hall–Kier alpha value is -2.96. The van der Waals surface area contributed by atoms with Crippen LogP contribution < -0.4 is 5.32 Å². The van der Waals surface area contributed by atoms with E-state index in [4.69, 9.17) is 9.26 Å². The van der Waals surface area contributed by atoms with Gasteiger partial charge in [0.15, 0.2) is 6.10 Å². The van der Waals surface area contributed by atoms with Gasteiger partial charge in [-0.25, -0.2) is 0 Å². The van der Waals surface area contributed by atoms with Gasteiger partial charge in [0.2, 0.25) is 11.7 Å². The number of nitrogens with zero attached hydrogens (tertiary/aromatic N) is 1. The van der Waals surface area contributed by atoms with Gasteiger partial charge in [0.05, 0.1) is 5.69 Å². The molecule has 0 fully saturated rings. The lowest BCUT2D eigenvalue weighted by molar-refractivity contribution is -0.146. The van der Waals surface area contributed by atoms with Crippen LogP contribution in [0.3, 0.4) is 0 Å². The lowest BCUT2D eigenvalue weighted by atomic mass is 10.1. The summed E-state index contributed by atoms with van der Waals surface area (Å²) < 4.78 is 10.3. The Morgan fingerprint density at radius 3 is 2.38 bits per heavy atom. The van der Waals surface area contributed by atoms with Crippen LogP contribution in [0.2, 0.25) is 0 Å². The van der Waals surface area contributed by atoms with Crippen molar-refractivity contribution in [1.82, 2.24) is 5.16 Å². The third kappa shape index (κ3) is 5.02. The third-order valence-electron chi connectivity index (χ3n) is 3.93. The van der Waals surface area contributed by atoms with E-state index in [1.165, 1.54) is 13.8 Å². The van der Waals surface area contributed by atoms with Crippen molar-refractivity contribution in [1.29, 1.82) is 0 Å². The van der Waals surface area contributed by atoms with Crippen molar-refractivity contribution in [3.63, 3.8) is 0 Å². The second-order valence-electron chi connectivity index (χ2n) is 6.06. The number of Topliss-reactive ketones (excluding diaryl/α,β-unsaturated/α-hetero) is 1. The maximum Gasteiger partial charge on any atom is 0.306 e. The van der Waals surface area contributed by atoms with Crippen LogP contribution in [0.1, 0.15) is 47.6 Å². The van der Waals surface area contributed by atoms with Gasteiger partial charge in [0, 0.05) is 30.2 Å². The molecule has 1 amide bonds. The maximum atomic E-state index is 12.4. The van der Waals surface area contributed by atoms with E-state index in [9.17, 15) is 14.4 Å². The molecule has 0 spiro atoms. The molecule has 138 valence electrons. The molecule has 1 aromatic heterocycles. The van der Waals surface area contributed by atoms with Gasteiger partial charge < -0.3 is 14.6 Å². The van der Waals surface area contributed by atoms with Crippen molar-refractivity contribution in [3.05, 3.63) is 46.8 Å². The van der Waals surface area contributed by atoms with Gasteiger partial charge in [-0.05, 0) is 51.5 Å². The molecule has 0 aliphatic heterocycles. The fourth-order valence-corrected chi connectivity index (χ4v) is 2.55. The summed E-state index contributed by atoms with van der Waals surface area (Å²) in [7, 11) is 0. The highest BCUT2D eigenvalue weighted by Crippen LogP contribution is 2.16. The average molecular weight is 358 g/mol. The van der Waals surface area contributed by atoms with Gasteiger partial charge in [-0.15, -0.1) is 0 Å². The van der Waals surface area contributed by atoms with Crippen LogP contribution >= 0.6 is 0 Å². The molecule has 1 heterocycles. The molecule has 1 atom stereocenters. The number of nitrogens with one attached hydrogen (secondary N) is 1. The van der Waals surface area contributed by atoms with Crippen LogP contribution in [0.15, 0.2) is 28.8 Å². The lowest BCUT2D eigenvalue weighted by Crippen LogP contribution is -2.24. The second kappa shape index (κ2) is 8.42. The van der Waals surface area contributed by atoms with Gasteiger partial charge >= 0.3 is 5.97 Å². The highest BCUT2D eigenvalue weighted by molar-refractivity contribution is 6.00. The summed E-state index contributed by atoms with van der Waals surface area (Å²) in [5, 5.41) is 6.46. The van der Waals surface area contributed by atoms with Gasteiger partial charge in [0.25, 0.3) is 0 Å². The van der Waals surface area contributed by atoms with Gasteiger partial charge in [-0.2, -0.15) is 0 Å². The number of aryl methyl sites for hydroxylation is 2. The van der Waals surface area contributed by atoms with E-state index >= 15 is 0 Å². The number of hydrogen-bond acceptors (Lipinski definition) is 6. The van der Waals surface area contributed by atoms with Gasteiger partial charge in [-0.3, -0.25) is 14.4 Å². The van der Waals surface area contributed by atoms with Crippen LogP contribution in [0.25, 0.3) is 0 Å². The molecule has 1 aromatic carbocycles. The molecule has 0 aliphatic carbocycles. The Balaban J connectivity index is 1.89. The van der Waals surface area contributed by atoms with E-state index in [-0.39, 0.29) is 18.1 Å². The number of ether oxygens (including phenoxy) is 1. The van der Waals surface area contributed by atoms with Crippen LogP contribution in [-0.2, 0) is 20.7 Å². The fourth-order valence-electron chi connectivity index (χ4n) is 2.55. The summed E-state index contributed by atoms with van der Waals surface area (Å²) in [6, 6.07) is 6.42. The number of rotatable bonds is 7. The molecule has 7 heteroatoms. The second-order valence-corrected chi connectivity index (χ2v) is 6.06. The Bertz CT molecular complexity index is 788. The zero-order valence-electron chi connectivity index (χ0n) is 15.3. The zero-order valence-corrected chi connectivity index (χ0v) is 15.3. The molecule has 7 nitrogen and oxygen atoms in total. The molecule has 26 heavy (non-hydrogen) atoms. The minimum atomic E-state index is -0.890. The number of aromatic nitrogens is 1. The first-order chi connectivity index (χ1) is 12.3. The minimum Gasteiger partial charge on any atom is -0.454 e. The Labute approximate surface area is 151 Å². The number of carbonyl (C=O) groups is 3. The summed E-state index contributed by atoms with van der Waals surface area (Å²) in [6.45, 7) is 6.55. The Kier molecular flexibility index (Phi) is 6.27. The summed E-state index contributed by atoms with van der Waals surface area (Å²) in [5.41, 5.74) is 2.64. The van der Waals surface area contributed by atoms with E-state index in [0.717, 1.165) is 11.3 Å². The largest absolute Gasteiger partial charge is 0.454 e. The predicted molar refractivity (Wildman–Crippen MR) is 94.9 cm³/mol. The smallest absolute Gasteiger partial charge is 0.306 e. The highest BCUT2D eigenvalue weighted by atomic mass is 16.5. The first-order valence-corrected chi connectivity index (χ1v) is 8.31. The Morgan fingerprint density at radius 1 is 1.19 bits per heavy atom. The normalized spacial score (nSPS) is 11.7. The molecule has 1 N–H and O–H groups in total. The number of hydrogen-bond donors (Lipinski definition) is 1. The monoisotopic (exact) mass is 358 g/mol. The molecule has 2 rings (SSSR count). The number of esters is 1. The first kappa shape index (κ1) is 19.4. The van der Waals surface area contributed by atoms with Crippen molar-refractivity contribution in [2.24, 2.45) is 0 Å². The fraction of sp³-hybridized carbons (Fsp3) is 0.368. The zero-order chi connectivity index (χ0) is 19.3. The van der Waals surface area contributed by atoms with Crippen LogP contribution in [-0.4, -0.2) is 28.9 Å². The first-order valence-electron chi connectivity index (χ1n) is 8.31. The third-order valence-corrected chi connectivity index (χ3v) is 3.93. The highest BCUT2D eigenvalue weighted by Gasteiger charge is 2.20. The number of amides is 1. The number of benzene rings is 1. The van der Waals surface area contributed by atoms with Crippen molar-refractivity contribution in [2.45, 2.75) is 46.6 Å². The quantitative estimate of drug-likeness (QED) is 0.603. The van der Waals surface area contributed by atoms with E-state index in [1.54, 1.807) is 31.2 Å². The van der Waals surface area contributed by atoms with E-state index in [2.05, 4.69) is 10.5 Å². The topological polar surface area (TPSA) is 98.5 Å². The standard InChI is InChI=1S/C19H22N2O5/c1-11-17(12(2)26-21-11)9-10-18(23)25-13(3)19(24)15-5-7-16(8-6-15)20-14(4)22/h5-8,13H,9-10H2,1-4H3,(H,20,22). The van der Waals surface area contributed by atoms with Crippen molar-refractivity contribution >= 4 is 23.3 Å². The SMILES string of the molecule is CC(=O)Nc1ccc(C(=O)C(C)OC(=O)CCc2c(C)noc2C)cc1. The summed E-state index contributed by atoms with van der Waals surface area (Å²) in [5.74, 6) is -0.269. The number of ketones is 1. The maximum absolute atomic E-state index is 12.4. The lowest BCUT2D eigenvalue weighted by Gasteiger charge is -2.13. The average Bonchev–Trinajstić information content (AvgIpc) is 2.90. The molecule has 0 saturated heterocycles.